The fraction of sp³-hybridized carbons (Fsp3) is 0.889. The standard InChI is InChI=1S/C18H36O3Si/c1-14(10-11-19)17-15(2)13-16(21-17)9-8-12-20-22(6,7)18(3,4)5/h10,15-17,19H,8-9,11-13H2,1-7H3/b14-10+/t15-,16-,17+/m1/s1. The van der Waals surface area contributed by atoms with Gasteiger partial charge in [-0.15, -0.1) is 0 Å². The highest BCUT2D eigenvalue weighted by Gasteiger charge is 2.37. The molecule has 1 N–H and O–H groups in total. The lowest BCUT2D eigenvalue weighted by atomic mass is 9.95. The zero-order chi connectivity index (χ0) is 17.0. The summed E-state index contributed by atoms with van der Waals surface area (Å²) in [4.78, 5) is 0. The normalized spacial score (nSPS) is 27.5. The first-order chi connectivity index (χ1) is 10.1. The molecule has 0 aliphatic carbocycles. The van der Waals surface area contributed by atoms with Crippen molar-refractivity contribution in [3.8, 4) is 0 Å². The number of ether oxygens (including phenoxy) is 1. The van der Waals surface area contributed by atoms with Crippen LogP contribution in [-0.2, 0) is 9.16 Å². The van der Waals surface area contributed by atoms with Crippen LogP contribution in [0, 0.1) is 5.92 Å². The van der Waals surface area contributed by atoms with Crippen molar-refractivity contribution in [2.75, 3.05) is 13.2 Å². The summed E-state index contributed by atoms with van der Waals surface area (Å²) < 4.78 is 12.4. The molecule has 0 aromatic heterocycles. The van der Waals surface area contributed by atoms with Gasteiger partial charge in [-0.2, -0.15) is 0 Å². The van der Waals surface area contributed by atoms with Gasteiger partial charge >= 0.3 is 0 Å². The summed E-state index contributed by atoms with van der Waals surface area (Å²) >= 11 is 0. The van der Waals surface area contributed by atoms with Crippen LogP contribution in [-0.4, -0.2) is 38.8 Å². The quantitative estimate of drug-likeness (QED) is 0.424. The first-order valence-corrected chi connectivity index (χ1v) is 11.6. The maximum atomic E-state index is 9.02. The highest BCUT2D eigenvalue weighted by molar-refractivity contribution is 6.74. The van der Waals surface area contributed by atoms with Gasteiger partial charge < -0.3 is 14.3 Å². The Kier molecular flexibility index (Phi) is 7.31. The Morgan fingerprint density at radius 1 is 1.36 bits per heavy atom. The Balaban J connectivity index is 2.34. The molecule has 22 heavy (non-hydrogen) atoms. The van der Waals surface area contributed by atoms with Crippen molar-refractivity contribution in [2.45, 2.75) is 84.2 Å². The molecule has 0 spiro atoms. The Hall–Kier alpha value is -0.163. The Bertz CT molecular complexity index is 371. The van der Waals surface area contributed by atoms with Crippen LogP contribution in [0.15, 0.2) is 11.6 Å². The largest absolute Gasteiger partial charge is 0.417 e. The van der Waals surface area contributed by atoms with Crippen LogP contribution in [0.5, 0.6) is 0 Å². The molecule has 0 amide bonds. The minimum Gasteiger partial charge on any atom is -0.417 e. The van der Waals surface area contributed by atoms with Crippen molar-refractivity contribution in [1.82, 2.24) is 0 Å². The topological polar surface area (TPSA) is 38.7 Å². The maximum absolute atomic E-state index is 9.02. The summed E-state index contributed by atoms with van der Waals surface area (Å²) in [5.74, 6) is 0.536. The summed E-state index contributed by atoms with van der Waals surface area (Å²) in [7, 11) is -1.62. The molecule has 3 atom stereocenters. The second-order valence-electron chi connectivity index (χ2n) is 8.27. The molecule has 1 fully saturated rings. The van der Waals surface area contributed by atoms with E-state index in [9.17, 15) is 0 Å². The Labute approximate surface area is 138 Å². The number of hydrogen-bond donors (Lipinski definition) is 1. The van der Waals surface area contributed by atoms with Gasteiger partial charge in [0.25, 0.3) is 0 Å². The molecule has 1 aliphatic rings. The highest BCUT2D eigenvalue weighted by Crippen LogP contribution is 2.37. The fourth-order valence-electron chi connectivity index (χ4n) is 2.79. The van der Waals surface area contributed by atoms with E-state index in [-0.39, 0.29) is 17.7 Å². The molecule has 130 valence electrons. The van der Waals surface area contributed by atoms with Gasteiger partial charge in [-0.3, -0.25) is 0 Å². The first-order valence-electron chi connectivity index (χ1n) is 8.65. The Morgan fingerprint density at radius 3 is 2.55 bits per heavy atom. The molecule has 0 aromatic rings. The maximum Gasteiger partial charge on any atom is 0.191 e. The summed E-state index contributed by atoms with van der Waals surface area (Å²) in [6, 6.07) is 0. The van der Waals surface area contributed by atoms with Crippen LogP contribution in [0.3, 0.4) is 0 Å². The molecule has 1 heterocycles. The van der Waals surface area contributed by atoms with E-state index < -0.39 is 8.32 Å². The molecule has 0 unspecified atom stereocenters. The molecule has 0 bridgehead atoms. The third-order valence-electron chi connectivity index (χ3n) is 5.29. The van der Waals surface area contributed by atoms with Gasteiger partial charge in [-0.1, -0.05) is 33.8 Å². The van der Waals surface area contributed by atoms with Crippen molar-refractivity contribution in [1.29, 1.82) is 0 Å². The summed E-state index contributed by atoms with van der Waals surface area (Å²) in [6.07, 6.45) is 5.63. The number of hydrogen-bond acceptors (Lipinski definition) is 3. The average Bonchev–Trinajstić information content (AvgIpc) is 2.75. The molecule has 0 aromatic carbocycles. The van der Waals surface area contributed by atoms with E-state index in [1.165, 1.54) is 0 Å². The van der Waals surface area contributed by atoms with Crippen molar-refractivity contribution in [3.63, 3.8) is 0 Å². The molecule has 3 nitrogen and oxygen atoms in total. The van der Waals surface area contributed by atoms with Crippen molar-refractivity contribution >= 4 is 8.32 Å². The van der Waals surface area contributed by atoms with Gasteiger partial charge in [0.15, 0.2) is 8.32 Å². The highest BCUT2D eigenvalue weighted by atomic mass is 28.4. The zero-order valence-electron chi connectivity index (χ0n) is 15.6. The third-order valence-corrected chi connectivity index (χ3v) is 9.83. The second-order valence-corrected chi connectivity index (χ2v) is 13.1. The average molecular weight is 329 g/mol. The van der Waals surface area contributed by atoms with E-state index in [2.05, 4.69) is 47.7 Å². The van der Waals surface area contributed by atoms with Crippen LogP contribution in [0.4, 0.5) is 0 Å². The molecule has 0 radical (unpaired) electrons. The van der Waals surface area contributed by atoms with Crippen molar-refractivity contribution in [3.05, 3.63) is 11.6 Å². The summed E-state index contributed by atoms with van der Waals surface area (Å²) in [5, 5.41) is 9.30. The van der Waals surface area contributed by atoms with E-state index in [0.717, 1.165) is 31.4 Å². The van der Waals surface area contributed by atoms with E-state index in [1.54, 1.807) is 0 Å². The van der Waals surface area contributed by atoms with Crippen molar-refractivity contribution < 1.29 is 14.3 Å². The van der Waals surface area contributed by atoms with E-state index in [4.69, 9.17) is 14.3 Å². The van der Waals surface area contributed by atoms with Gasteiger partial charge in [-0.05, 0) is 55.8 Å². The minimum atomic E-state index is -1.62. The smallest absolute Gasteiger partial charge is 0.191 e. The molecule has 4 heteroatoms. The monoisotopic (exact) mass is 328 g/mol. The minimum absolute atomic E-state index is 0.101. The summed E-state index contributed by atoms with van der Waals surface area (Å²) in [6.45, 7) is 16.7. The lowest BCUT2D eigenvalue weighted by Gasteiger charge is -2.36. The lowest BCUT2D eigenvalue weighted by molar-refractivity contribution is 0.0488. The van der Waals surface area contributed by atoms with E-state index in [0.29, 0.717) is 12.0 Å². The second kappa shape index (κ2) is 8.09. The number of rotatable bonds is 7. The van der Waals surface area contributed by atoms with Crippen LogP contribution in [0.25, 0.3) is 0 Å². The predicted molar refractivity (Wildman–Crippen MR) is 95.7 cm³/mol. The Morgan fingerprint density at radius 2 is 2.00 bits per heavy atom. The van der Waals surface area contributed by atoms with Crippen LogP contribution in [0.2, 0.25) is 18.1 Å². The molecule has 0 saturated carbocycles. The van der Waals surface area contributed by atoms with Crippen LogP contribution >= 0.6 is 0 Å². The molecule has 1 rings (SSSR count). The predicted octanol–water partition coefficient (Wildman–Crippen LogP) is 4.52. The van der Waals surface area contributed by atoms with E-state index in [1.807, 2.05) is 6.08 Å². The molecular weight excluding hydrogens is 292 g/mol. The molecule has 1 saturated heterocycles. The van der Waals surface area contributed by atoms with Gasteiger partial charge in [0.05, 0.1) is 18.8 Å². The van der Waals surface area contributed by atoms with Crippen molar-refractivity contribution in [2.24, 2.45) is 5.92 Å². The molecular formula is C18H36O3Si. The number of aliphatic hydroxyl groups is 1. The van der Waals surface area contributed by atoms with Gasteiger partial charge in [0.2, 0.25) is 0 Å². The third kappa shape index (κ3) is 5.48. The summed E-state index contributed by atoms with van der Waals surface area (Å²) in [5.41, 5.74) is 1.16. The fourth-order valence-corrected chi connectivity index (χ4v) is 3.88. The van der Waals surface area contributed by atoms with Gasteiger partial charge in [0, 0.05) is 6.61 Å². The lowest BCUT2D eigenvalue weighted by Crippen LogP contribution is -2.41. The number of aliphatic hydroxyl groups excluding tert-OH is 1. The van der Waals surface area contributed by atoms with E-state index >= 15 is 0 Å². The van der Waals surface area contributed by atoms with Crippen LogP contribution < -0.4 is 0 Å². The van der Waals surface area contributed by atoms with Crippen LogP contribution in [0.1, 0.15) is 53.9 Å². The van der Waals surface area contributed by atoms with Gasteiger partial charge in [0.1, 0.15) is 0 Å². The SMILES string of the molecule is C/C(=C\CO)[C@@H]1O[C@H](CCCO[Si](C)(C)C(C)(C)C)C[C@H]1C. The molecule has 1 aliphatic heterocycles. The first kappa shape index (κ1) is 19.9. The zero-order valence-corrected chi connectivity index (χ0v) is 16.6. The van der Waals surface area contributed by atoms with Gasteiger partial charge in [-0.25, -0.2) is 0 Å².